The molecule has 0 unspecified atom stereocenters. The maximum absolute atomic E-state index is 8.90. The fourth-order valence-electron chi connectivity index (χ4n) is 1.45. The minimum Gasteiger partial charge on any atom is -0.449 e. The van der Waals surface area contributed by atoms with Crippen LogP contribution in [0.3, 0.4) is 0 Å². The van der Waals surface area contributed by atoms with Crippen LogP contribution in [0, 0.1) is 11.3 Å². The Kier molecular flexibility index (Phi) is 3.43. The van der Waals surface area contributed by atoms with Gasteiger partial charge in [-0.05, 0) is 29.8 Å². The molecule has 4 nitrogen and oxygen atoms in total. The molecule has 0 spiro atoms. The zero-order valence-corrected chi connectivity index (χ0v) is 9.18. The summed E-state index contributed by atoms with van der Waals surface area (Å²) in [6, 6.07) is 12.8. The second-order valence-corrected chi connectivity index (χ2v) is 3.59. The number of nitrogens with zero attached hydrogens (tertiary/aromatic N) is 1. The summed E-state index contributed by atoms with van der Waals surface area (Å²) in [6.07, 6.45) is 0. The normalized spacial score (nSPS) is 9.88. The number of aliphatic hydroxyl groups is 1. The molecule has 0 saturated carbocycles. The Hall–Kier alpha value is -2.25. The summed E-state index contributed by atoms with van der Waals surface area (Å²) in [5, 5.41) is 20.7. The van der Waals surface area contributed by atoms with E-state index in [1.54, 1.807) is 12.1 Å². The predicted octanol–water partition coefficient (Wildman–Crippen LogP) is 2.26. The highest BCUT2D eigenvalue weighted by Gasteiger charge is 2.00. The van der Waals surface area contributed by atoms with Crippen LogP contribution in [0.5, 0.6) is 0 Å². The molecule has 1 aromatic heterocycles. The molecule has 0 saturated heterocycles. The molecule has 0 amide bonds. The molecule has 2 aromatic rings. The van der Waals surface area contributed by atoms with E-state index in [4.69, 9.17) is 14.8 Å². The zero-order valence-electron chi connectivity index (χ0n) is 9.18. The van der Waals surface area contributed by atoms with E-state index in [1.807, 2.05) is 30.3 Å². The average Bonchev–Trinajstić information content (AvgIpc) is 2.85. The van der Waals surface area contributed by atoms with E-state index in [-0.39, 0.29) is 6.61 Å². The van der Waals surface area contributed by atoms with Crippen LogP contribution in [0.4, 0.5) is 5.69 Å². The largest absolute Gasteiger partial charge is 0.449 e. The zero-order chi connectivity index (χ0) is 12.1. The minimum atomic E-state index is 0.0456. The van der Waals surface area contributed by atoms with Crippen LogP contribution in [-0.2, 0) is 13.2 Å². The molecule has 2 N–H and O–H groups in total. The molecule has 0 bridgehead atoms. The van der Waals surface area contributed by atoms with Crippen molar-refractivity contribution in [1.29, 1.82) is 5.26 Å². The maximum Gasteiger partial charge on any atom is 0.203 e. The Bertz CT molecular complexity index is 523. The number of anilines is 1. The highest BCUT2D eigenvalue weighted by Crippen LogP contribution is 2.12. The summed E-state index contributed by atoms with van der Waals surface area (Å²) in [5.41, 5.74) is 1.82. The van der Waals surface area contributed by atoms with Crippen molar-refractivity contribution < 1.29 is 9.52 Å². The van der Waals surface area contributed by atoms with Crippen molar-refractivity contribution in [2.75, 3.05) is 5.32 Å². The lowest BCUT2D eigenvalue weighted by molar-refractivity contribution is 0.282. The predicted molar refractivity (Wildman–Crippen MR) is 63.1 cm³/mol. The lowest BCUT2D eigenvalue weighted by Gasteiger charge is -2.04. The third kappa shape index (κ3) is 2.86. The van der Waals surface area contributed by atoms with Gasteiger partial charge in [-0.15, -0.1) is 0 Å². The lowest BCUT2D eigenvalue weighted by atomic mass is 10.2. The fraction of sp³-hybridized carbons (Fsp3) is 0.154. The number of aliphatic hydroxyl groups excluding tert-OH is 1. The first-order valence-corrected chi connectivity index (χ1v) is 5.24. The molecule has 17 heavy (non-hydrogen) atoms. The third-order valence-corrected chi connectivity index (χ3v) is 2.38. The number of rotatable bonds is 4. The van der Waals surface area contributed by atoms with E-state index >= 15 is 0 Å². The van der Waals surface area contributed by atoms with Gasteiger partial charge in [-0.1, -0.05) is 12.1 Å². The van der Waals surface area contributed by atoms with Gasteiger partial charge in [0.1, 0.15) is 11.8 Å². The molecule has 1 heterocycles. The summed E-state index contributed by atoms with van der Waals surface area (Å²) >= 11 is 0. The molecular weight excluding hydrogens is 216 g/mol. The smallest absolute Gasteiger partial charge is 0.203 e. The molecule has 0 radical (unpaired) electrons. The van der Waals surface area contributed by atoms with Gasteiger partial charge in [-0.2, -0.15) is 5.26 Å². The minimum absolute atomic E-state index is 0.0456. The van der Waals surface area contributed by atoms with Gasteiger partial charge in [0.15, 0.2) is 0 Å². The molecule has 4 heteroatoms. The third-order valence-electron chi connectivity index (χ3n) is 2.38. The summed E-state index contributed by atoms with van der Waals surface area (Å²) in [7, 11) is 0. The van der Waals surface area contributed by atoms with Crippen molar-refractivity contribution >= 4 is 5.69 Å². The Balaban J connectivity index is 1.95. The molecule has 0 atom stereocenters. The maximum atomic E-state index is 8.90. The summed E-state index contributed by atoms with van der Waals surface area (Å²) in [5.74, 6) is 1.03. The van der Waals surface area contributed by atoms with Crippen LogP contribution in [0.1, 0.15) is 17.1 Å². The summed E-state index contributed by atoms with van der Waals surface area (Å²) in [4.78, 5) is 0. The molecule has 0 fully saturated rings. The molecular formula is C13H12N2O2. The molecule has 1 aromatic carbocycles. The van der Waals surface area contributed by atoms with Gasteiger partial charge in [0, 0.05) is 5.69 Å². The first-order chi connectivity index (χ1) is 8.31. The second-order valence-electron chi connectivity index (χ2n) is 3.59. The number of nitriles is 1. The summed E-state index contributed by atoms with van der Waals surface area (Å²) < 4.78 is 5.24. The number of hydrogen-bond donors (Lipinski definition) is 2. The Morgan fingerprint density at radius 3 is 2.53 bits per heavy atom. The van der Waals surface area contributed by atoms with Gasteiger partial charge >= 0.3 is 0 Å². The number of nitrogens with one attached hydrogen (secondary N) is 1. The van der Waals surface area contributed by atoms with E-state index in [9.17, 15) is 0 Å². The molecule has 0 aliphatic heterocycles. The van der Waals surface area contributed by atoms with Crippen molar-refractivity contribution in [3.63, 3.8) is 0 Å². The molecule has 86 valence electrons. The molecule has 0 aliphatic carbocycles. The van der Waals surface area contributed by atoms with Crippen LogP contribution in [0.25, 0.3) is 0 Å². The Morgan fingerprint density at radius 1 is 1.18 bits per heavy atom. The van der Waals surface area contributed by atoms with E-state index in [0.717, 1.165) is 11.3 Å². The van der Waals surface area contributed by atoms with Gasteiger partial charge < -0.3 is 14.8 Å². The van der Waals surface area contributed by atoms with Gasteiger partial charge in [-0.25, -0.2) is 0 Å². The fourth-order valence-corrected chi connectivity index (χ4v) is 1.45. The van der Waals surface area contributed by atoms with E-state index in [0.29, 0.717) is 18.1 Å². The van der Waals surface area contributed by atoms with E-state index < -0.39 is 0 Å². The molecule has 0 aliphatic rings. The average molecular weight is 228 g/mol. The standard InChI is InChI=1S/C13H12N2O2/c14-7-12-5-6-13(17-12)8-15-11-3-1-10(9-16)2-4-11/h1-6,15-16H,8-9H2. The van der Waals surface area contributed by atoms with Crippen molar-refractivity contribution in [3.8, 4) is 6.07 Å². The van der Waals surface area contributed by atoms with Crippen LogP contribution in [0.15, 0.2) is 40.8 Å². The van der Waals surface area contributed by atoms with Crippen LogP contribution in [-0.4, -0.2) is 5.11 Å². The van der Waals surface area contributed by atoms with Gasteiger partial charge in [0.2, 0.25) is 5.76 Å². The Morgan fingerprint density at radius 2 is 1.94 bits per heavy atom. The first kappa shape index (κ1) is 11.2. The van der Waals surface area contributed by atoms with Gasteiger partial charge in [0.05, 0.1) is 13.2 Å². The van der Waals surface area contributed by atoms with Gasteiger partial charge in [0.25, 0.3) is 0 Å². The highest BCUT2D eigenvalue weighted by molar-refractivity contribution is 5.44. The monoisotopic (exact) mass is 228 g/mol. The van der Waals surface area contributed by atoms with Crippen LogP contribution in [0.2, 0.25) is 0 Å². The van der Waals surface area contributed by atoms with Crippen LogP contribution >= 0.6 is 0 Å². The van der Waals surface area contributed by atoms with Gasteiger partial charge in [-0.3, -0.25) is 0 Å². The first-order valence-electron chi connectivity index (χ1n) is 5.24. The molecule has 2 rings (SSSR count). The quantitative estimate of drug-likeness (QED) is 0.842. The topological polar surface area (TPSA) is 69.2 Å². The number of benzene rings is 1. The van der Waals surface area contributed by atoms with Crippen molar-refractivity contribution in [2.45, 2.75) is 13.2 Å². The van der Waals surface area contributed by atoms with Crippen LogP contribution < -0.4 is 5.32 Å². The summed E-state index contributed by atoms with van der Waals surface area (Å²) in [6.45, 7) is 0.574. The van der Waals surface area contributed by atoms with Crippen molar-refractivity contribution in [2.24, 2.45) is 0 Å². The van der Waals surface area contributed by atoms with Crippen molar-refractivity contribution in [1.82, 2.24) is 0 Å². The van der Waals surface area contributed by atoms with E-state index in [2.05, 4.69) is 5.32 Å². The van der Waals surface area contributed by atoms with E-state index in [1.165, 1.54) is 0 Å². The lowest BCUT2D eigenvalue weighted by Crippen LogP contribution is -1.98. The van der Waals surface area contributed by atoms with Crippen molar-refractivity contribution in [3.05, 3.63) is 53.5 Å². The number of hydrogen-bond acceptors (Lipinski definition) is 4. The Labute approximate surface area is 99.1 Å². The highest BCUT2D eigenvalue weighted by atomic mass is 16.3. The number of furan rings is 1. The second kappa shape index (κ2) is 5.19. The SMILES string of the molecule is N#Cc1ccc(CNc2ccc(CO)cc2)o1.